The number of nitrogens with one attached hydrogen (secondary N) is 1. The zero-order valence-corrected chi connectivity index (χ0v) is 22.8. The zero-order chi connectivity index (χ0) is 28.2. The predicted molar refractivity (Wildman–Crippen MR) is 151 cm³/mol. The third kappa shape index (κ3) is 4.28. The molecule has 0 aromatic heterocycles. The molecule has 40 heavy (non-hydrogen) atoms. The monoisotopic (exact) mass is 563 g/mol. The fourth-order valence-corrected chi connectivity index (χ4v) is 7.65. The fraction of sp³-hybridized carbons (Fsp3) is 0.414. The molecule has 5 atom stereocenters. The summed E-state index contributed by atoms with van der Waals surface area (Å²) >= 11 is 1.32. The van der Waals surface area contributed by atoms with E-state index in [9.17, 15) is 14.4 Å². The highest BCUT2D eigenvalue weighted by molar-refractivity contribution is 8.01. The maximum absolute atomic E-state index is 14.0. The van der Waals surface area contributed by atoms with Crippen molar-refractivity contribution < 1.29 is 23.9 Å². The van der Waals surface area contributed by atoms with Gasteiger partial charge in [0.1, 0.15) is 17.4 Å². The summed E-state index contributed by atoms with van der Waals surface area (Å²) in [5.41, 5.74) is 21.0. The van der Waals surface area contributed by atoms with Gasteiger partial charge in [-0.3, -0.25) is 14.4 Å². The molecular weight excluding hydrogens is 530 g/mol. The standard InChI is InChI=1S/C29H33N5O5S/c1-2-21(35)34-11-3-4-16(12-34)33-28(37)26-23-22-19(9-10-20(30)25(22)40-26)29(32,27(36)24(23)31)15-5-7-17(8-6-15)39-18-13-38-14-18/h2,5-10,16,18,23-24,26H,1,3-4,11-14,30-32H2,(H,33,37). The molecule has 3 aliphatic heterocycles. The lowest BCUT2D eigenvalue weighted by Gasteiger charge is -2.41. The number of anilines is 1. The Labute approximate surface area is 236 Å². The van der Waals surface area contributed by atoms with Crippen LogP contribution in [-0.2, 0) is 24.7 Å². The first kappa shape index (κ1) is 26.8. The average Bonchev–Trinajstić information content (AvgIpc) is 3.35. The molecule has 0 bridgehead atoms. The maximum Gasteiger partial charge on any atom is 0.246 e. The lowest BCUT2D eigenvalue weighted by molar-refractivity contribution is -0.129. The number of nitrogen functional groups attached to an aromatic ring is 1. The van der Waals surface area contributed by atoms with Gasteiger partial charge >= 0.3 is 0 Å². The van der Waals surface area contributed by atoms with Crippen molar-refractivity contribution in [2.24, 2.45) is 11.5 Å². The Bertz CT molecular complexity index is 1380. The van der Waals surface area contributed by atoms with Crippen molar-refractivity contribution in [2.75, 3.05) is 32.0 Å². The van der Waals surface area contributed by atoms with Crippen LogP contribution in [0.1, 0.15) is 35.4 Å². The van der Waals surface area contributed by atoms with E-state index in [1.54, 1.807) is 41.3 Å². The van der Waals surface area contributed by atoms with Crippen molar-refractivity contribution in [3.63, 3.8) is 0 Å². The normalized spacial score (nSPS) is 29.4. The van der Waals surface area contributed by atoms with Crippen LogP contribution >= 0.6 is 11.8 Å². The van der Waals surface area contributed by atoms with E-state index in [-0.39, 0.29) is 29.7 Å². The number of likely N-dealkylation sites (tertiary alicyclic amines) is 1. The highest BCUT2D eigenvalue weighted by Crippen LogP contribution is 2.56. The van der Waals surface area contributed by atoms with Crippen molar-refractivity contribution in [2.45, 2.75) is 52.6 Å². The quantitative estimate of drug-likeness (QED) is 0.297. The van der Waals surface area contributed by atoms with E-state index < -0.39 is 22.7 Å². The van der Waals surface area contributed by atoms with Crippen LogP contribution in [0.3, 0.4) is 0 Å². The minimum atomic E-state index is -1.51. The van der Waals surface area contributed by atoms with E-state index in [1.165, 1.54) is 17.8 Å². The third-order valence-corrected chi connectivity index (χ3v) is 9.82. The summed E-state index contributed by atoms with van der Waals surface area (Å²) < 4.78 is 11.0. The van der Waals surface area contributed by atoms with Crippen molar-refractivity contribution >= 4 is 35.0 Å². The van der Waals surface area contributed by atoms with E-state index in [2.05, 4.69) is 11.9 Å². The summed E-state index contributed by atoms with van der Waals surface area (Å²) in [4.78, 5) is 42.2. The Kier molecular flexibility index (Phi) is 6.86. The molecule has 10 nitrogen and oxygen atoms in total. The number of benzene rings is 2. The molecule has 2 amide bonds. The molecule has 0 saturated carbocycles. The molecule has 1 aliphatic carbocycles. The van der Waals surface area contributed by atoms with Gasteiger partial charge in [0.2, 0.25) is 11.8 Å². The SMILES string of the molecule is C=CC(=O)N1CCCC(NC(=O)C2Sc3c(N)ccc4c3C2C(N)C(=O)C4(N)c2ccc(OC3COC3)cc2)C1. The summed E-state index contributed by atoms with van der Waals surface area (Å²) in [5, 5.41) is 2.44. The molecule has 0 radical (unpaired) electrons. The summed E-state index contributed by atoms with van der Waals surface area (Å²) in [6, 6.07) is 9.45. The lowest BCUT2D eigenvalue weighted by atomic mass is 9.65. The number of amides is 2. The number of nitrogens with zero attached hydrogens (tertiary/aromatic N) is 1. The van der Waals surface area contributed by atoms with Crippen LogP contribution in [0.5, 0.6) is 5.75 Å². The Balaban J connectivity index is 1.29. The summed E-state index contributed by atoms with van der Waals surface area (Å²) in [6.45, 7) is 5.69. The average molecular weight is 564 g/mol. The third-order valence-electron chi connectivity index (χ3n) is 8.37. The van der Waals surface area contributed by atoms with Crippen molar-refractivity contribution in [1.29, 1.82) is 0 Å². The van der Waals surface area contributed by atoms with Crippen molar-refractivity contribution in [1.82, 2.24) is 10.2 Å². The largest absolute Gasteiger partial charge is 0.486 e. The Morgan fingerprint density at radius 1 is 1.20 bits per heavy atom. The lowest BCUT2D eigenvalue weighted by Crippen LogP contribution is -2.61. The minimum absolute atomic E-state index is 0.0165. The summed E-state index contributed by atoms with van der Waals surface area (Å²) in [7, 11) is 0. The van der Waals surface area contributed by atoms with Crippen LogP contribution in [0.4, 0.5) is 5.69 Å². The molecule has 2 aromatic carbocycles. The highest BCUT2D eigenvalue weighted by atomic mass is 32.2. The molecule has 3 heterocycles. The van der Waals surface area contributed by atoms with Gasteiger partial charge in [-0.25, -0.2) is 0 Å². The Hall–Kier alpha value is -3.38. The van der Waals surface area contributed by atoms with Crippen LogP contribution in [0.25, 0.3) is 0 Å². The van der Waals surface area contributed by atoms with E-state index in [0.717, 1.165) is 23.3 Å². The second-order valence-electron chi connectivity index (χ2n) is 10.8. The number of ketones is 1. The van der Waals surface area contributed by atoms with Crippen LogP contribution in [0.15, 0.2) is 53.9 Å². The molecule has 2 fully saturated rings. The minimum Gasteiger partial charge on any atom is -0.486 e. The predicted octanol–water partition coefficient (Wildman–Crippen LogP) is 1.01. The number of hydrogen-bond acceptors (Lipinski definition) is 9. The number of rotatable bonds is 6. The first-order valence-corrected chi connectivity index (χ1v) is 14.3. The van der Waals surface area contributed by atoms with E-state index in [1.807, 2.05) is 0 Å². The van der Waals surface area contributed by atoms with Crippen LogP contribution in [0, 0.1) is 0 Å². The number of ether oxygens (including phenoxy) is 2. The summed E-state index contributed by atoms with van der Waals surface area (Å²) in [6.07, 6.45) is 2.82. The first-order chi connectivity index (χ1) is 19.2. The molecule has 5 unspecified atom stereocenters. The van der Waals surface area contributed by atoms with Crippen molar-refractivity contribution in [3.8, 4) is 5.75 Å². The number of carbonyl (C=O) groups is 3. The molecule has 6 rings (SSSR count). The van der Waals surface area contributed by atoms with Gasteiger partial charge in [0, 0.05) is 35.6 Å². The molecule has 210 valence electrons. The van der Waals surface area contributed by atoms with Gasteiger partial charge in [-0.05, 0) is 53.8 Å². The van der Waals surface area contributed by atoms with E-state index in [4.69, 9.17) is 26.7 Å². The maximum atomic E-state index is 14.0. The number of thioether (sulfide) groups is 1. The van der Waals surface area contributed by atoms with E-state index in [0.29, 0.717) is 48.9 Å². The molecule has 2 aromatic rings. The van der Waals surface area contributed by atoms with Crippen molar-refractivity contribution in [3.05, 3.63) is 65.7 Å². The van der Waals surface area contributed by atoms with Crippen LogP contribution in [0.2, 0.25) is 0 Å². The van der Waals surface area contributed by atoms with Gasteiger partial charge in [-0.2, -0.15) is 0 Å². The van der Waals surface area contributed by atoms with Gasteiger partial charge in [0.15, 0.2) is 5.78 Å². The van der Waals surface area contributed by atoms with E-state index >= 15 is 0 Å². The highest BCUT2D eigenvalue weighted by Gasteiger charge is 2.56. The van der Waals surface area contributed by atoms with Gasteiger partial charge in [0.25, 0.3) is 0 Å². The number of nitrogens with two attached hydrogens (primary N) is 3. The van der Waals surface area contributed by atoms with Gasteiger partial charge in [0.05, 0.1) is 24.5 Å². The van der Waals surface area contributed by atoms with Gasteiger partial charge in [-0.15, -0.1) is 11.8 Å². The second kappa shape index (κ2) is 10.2. The Morgan fingerprint density at radius 2 is 1.95 bits per heavy atom. The molecule has 7 N–H and O–H groups in total. The first-order valence-electron chi connectivity index (χ1n) is 13.5. The van der Waals surface area contributed by atoms with Crippen LogP contribution < -0.4 is 27.3 Å². The van der Waals surface area contributed by atoms with Crippen LogP contribution in [-0.4, -0.2) is 72.2 Å². The smallest absolute Gasteiger partial charge is 0.246 e. The number of Topliss-reactive ketones (excluding diaryl/α,β-unsaturated/α-hetero) is 1. The molecule has 11 heteroatoms. The topological polar surface area (TPSA) is 163 Å². The number of carbonyl (C=O) groups excluding carboxylic acids is 3. The number of piperidine rings is 1. The fourth-order valence-electron chi connectivity index (χ4n) is 6.19. The zero-order valence-electron chi connectivity index (χ0n) is 22.0. The van der Waals surface area contributed by atoms with Gasteiger partial charge in [-0.1, -0.05) is 24.8 Å². The molecule has 4 aliphatic rings. The molecule has 0 spiro atoms. The van der Waals surface area contributed by atoms with Gasteiger partial charge < -0.3 is 36.9 Å². The summed E-state index contributed by atoms with van der Waals surface area (Å²) in [5.74, 6) is -0.670. The Morgan fingerprint density at radius 3 is 2.62 bits per heavy atom. The molecule has 2 saturated heterocycles. The molecular formula is C29H33N5O5S. The second-order valence-corrected chi connectivity index (χ2v) is 12.0. The number of hydrogen-bond donors (Lipinski definition) is 4.